The van der Waals surface area contributed by atoms with Gasteiger partial charge in [0.15, 0.2) is 9.84 Å². The molecule has 1 amide bonds. The predicted molar refractivity (Wildman–Crippen MR) is 172 cm³/mol. The maximum atomic E-state index is 13.9. The van der Waals surface area contributed by atoms with Crippen molar-refractivity contribution < 1.29 is 60.1 Å². The third kappa shape index (κ3) is 16.6. The van der Waals surface area contributed by atoms with Crippen molar-refractivity contribution in [1.29, 1.82) is 0 Å². The second-order valence-electron chi connectivity index (χ2n) is 11.6. The number of amides is 1. The molecule has 0 saturated carbocycles. The molecule has 0 heterocycles. The van der Waals surface area contributed by atoms with Crippen LogP contribution in [0.1, 0.15) is 69.6 Å². The quantitative estimate of drug-likeness (QED) is 0.128. The number of hydrogen-bond acceptors (Lipinski definition) is 7. The number of hydrogen-bond donors (Lipinski definition) is 5. The van der Waals surface area contributed by atoms with Crippen LogP contribution < -0.4 is 10.6 Å². The lowest BCUT2D eigenvalue weighted by Gasteiger charge is -2.27. The summed E-state index contributed by atoms with van der Waals surface area (Å²) in [6.45, 7) is 6.16. The van der Waals surface area contributed by atoms with E-state index in [-0.39, 0.29) is 18.5 Å². The van der Waals surface area contributed by atoms with E-state index in [2.05, 4.69) is 10.6 Å². The number of rotatable bonds is 19. The summed E-state index contributed by atoms with van der Waals surface area (Å²) in [6.07, 6.45) is -4.32. The summed E-state index contributed by atoms with van der Waals surface area (Å²) in [7, 11) is -3.81. The van der Waals surface area contributed by atoms with Gasteiger partial charge in [0.2, 0.25) is 5.91 Å². The third-order valence-electron chi connectivity index (χ3n) is 7.45. The van der Waals surface area contributed by atoms with Gasteiger partial charge in [-0.25, -0.2) is 22.0 Å². The highest BCUT2D eigenvalue weighted by Crippen LogP contribution is 2.21. The van der Waals surface area contributed by atoms with Gasteiger partial charge in [0.05, 0.1) is 35.5 Å². The Morgan fingerprint density at radius 3 is 1.92 bits per heavy atom. The lowest BCUT2D eigenvalue weighted by Crippen LogP contribution is -2.51. The molecule has 16 heteroatoms. The van der Waals surface area contributed by atoms with Crippen molar-refractivity contribution in [3.63, 3.8) is 0 Å². The minimum atomic E-state index is -5.08. The molecule has 0 aliphatic carbocycles. The van der Waals surface area contributed by atoms with Crippen LogP contribution in [0.15, 0.2) is 42.5 Å². The van der Waals surface area contributed by atoms with E-state index in [1.54, 1.807) is 0 Å². The zero-order valence-corrected chi connectivity index (χ0v) is 28.4. The van der Waals surface area contributed by atoms with Gasteiger partial charge in [0.25, 0.3) is 0 Å². The van der Waals surface area contributed by atoms with E-state index < -0.39 is 81.0 Å². The molecule has 10 nitrogen and oxygen atoms in total. The second-order valence-corrected chi connectivity index (χ2v) is 13.9. The van der Waals surface area contributed by atoms with Crippen LogP contribution in [0.4, 0.5) is 22.0 Å². The number of carboxylic acid groups (broad SMARTS) is 2. The van der Waals surface area contributed by atoms with E-state index in [1.807, 2.05) is 45.0 Å². The molecule has 0 aliphatic heterocycles. The van der Waals surface area contributed by atoms with Gasteiger partial charge in [-0.2, -0.15) is 13.2 Å². The number of benzene rings is 2. The van der Waals surface area contributed by atoms with Crippen molar-refractivity contribution in [3.8, 4) is 0 Å². The van der Waals surface area contributed by atoms with Gasteiger partial charge in [0, 0.05) is 19.2 Å². The number of halogens is 5. The topological polar surface area (TPSA) is 170 Å². The summed E-state index contributed by atoms with van der Waals surface area (Å²) < 4.78 is 86.0. The first-order valence-corrected chi connectivity index (χ1v) is 17.5. The molecular weight excluding hydrogens is 679 g/mol. The molecule has 2 rings (SSSR count). The molecule has 2 aromatic rings. The lowest BCUT2D eigenvalue weighted by molar-refractivity contribution is -0.192. The zero-order valence-electron chi connectivity index (χ0n) is 27.6. The Kier molecular flexibility index (Phi) is 18.4. The number of aryl methyl sites for hydroxylation is 1. The highest BCUT2D eigenvalue weighted by atomic mass is 32.2. The fraction of sp³-hybridized carbons (Fsp3) is 0.545. The minimum Gasteiger partial charge on any atom is -0.481 e. The minimum absolute atomic E-state index is 0.00390. The number of nitrogens with one attached hydrogen (secondary N) is 2. The number of alkyl halides is 3. The molecule has 5 N–H and O–H groups in total. The SMILES string of the molecule is CCCC(CCC)S(=O)(=O)CC(CC(=O)O)C(=O)N[C@@H](Cc1cc(F)cc(F)c1)[C@H](O)CNCc1cccc(CC)c1.O=C(O)C(F)(F)F. The average molecular weight is 725 g/mol. The summed E-state index contributed by atoms with van der Waals surface area (Å²) in [5.74, 6) is -8.67. The monoisotopic (exact) mass is 724 g/mol. The molecule has 0 spiro atoms. The first-order valence-electron chi connectivity index (χ1n) is 15.8. The van der Waals surface area contributed by atoms with Crippen molar-refractivity contribution in [3.05, 3.63) is 70.8 Å². The molecule has 0 radical (unpaired) electrons. The smallest absolute Gasteiger partial charge is 0.481 e. The Hall–Kier alpha value is -3.63. The molecule has 49 heavy (non-hydrogen) atoms. The first-order chi connectivity index (χ1) is 22.8. The van der Waals surface area contributed by atoms with E-state index >= 15 is 0 Å². The van der Waals surface area contributed by atoms with E-state index in [0.29, 0.717) is 38.3 Å². The maximum Gasteiger partial charge on any atom is 0.490 e. The maximum absolute atomic E-state index is 13.9. The third-order valence-corrected chi connectivity index (χ3v) is 9.80. The van der Waals surface area contributed by atoms with Crippen molar-refractivity contribution >= 4 is 27.7 Å². The van der Waals surface area contributed by atoms with Crippen LogP contribution in [0.2, 0.25) is 0 Å². The Labute approximate surface area is 283 Å². The summed E-state index contributed by atoms with van der Waals surface area (Å²) in [6, 6.07) is 9.66. The van der Waals surface area contributed by atoms with Gasteiger partial charge in [-0.3, -0.25) is 9.59 Å². The molecule has 0 fully saturated rings. The first kappa shape index (κ1) is 43.4. The summed E-state index contributed by atoms with van der Waals surface area (Å²) in [5.41, 5.74) is 2.29. The van der Waals surface area contributed by atoms with Crippen molar-refractivity contribution in [1.82, 2.24) is 10.6 Å². The number of aliphatic carboxylic acids is 2. The fourth-order valence-corrected chi connectivity index (χ4v) is 7.33. The van der Waals surface area contributed by atoms with Crippen molar-refractivity contribution in [2.45, 2.75) is 95.8 Å². The van der Waals surface area contributed by atoms with Crippen LogP contribution in [-0.2, 0) is 43.6 Å². The fourth-order valence-electron chi connectivity index (χ4n) is 5.03. The van der Waals surface area contributed by atoms with Gasteiger partial charge < -0.3 is 26.0 Å². The van der Waals surface area contributed by atoms with Crippen LogP contribution in [0.3, 0.4) is 0 Å². The number of carbonyl (C=O) groups excluding carboxylic acids is 1. The summed E-state index contributed by atoms with van der Waals surface area (Å²) >= 11 is 0. The number of carbonyl (C=O) groups is 3. The van der Waals surface area contributed by atoms with E-state index in [4.69, 9.17) is 9.90 Å². The molecule has 0 bridgehead atoms. The largest absolute Gasteiger partial charge is 0.490 e. The molecule has 3 atom stereocenters. The average Bonchev–Trinajstić information content (AvgIpc) is 2.99. The van der Waals surface area contributed by atoms with E-state index in [1.165, 1.54) is 0 Å². The van der Waals surface area contributed by atoms with Crippen molar-refractivity contribution in [2.75, 3.05) is 12.3 Å². The highest BCUT2D eigenvalue weighted by Gasteiger charge is 2.38. The summed E-state index contributed by atoms with van der Waals surface area (Å²) in [4.78, 5) is 33.9. The highest BCUT2D eigenvalue weighted by molar-refractivity contribution is 7.92. The molecule has 0 saturated heterocycles. The van der Waals surface area contributed by atoms with Gasteiger partial charge in [0.1, 0.15) is 11.6 Å². The van der Waals surface area contributed by atoms with Crippen LogP contribution in [0.25, 0.3) is 0 Å². The summed E-state index contributed by atoms with van der Waals surface area (Å²) in [5, 5.41) is 32.7. The van der Waals surface area contributed by atoms with Crippen LogP contribution >= 0.6 is 0 Å². The van der Waals surface area contributed by atoms with Gasteiger partial charge in [-0.1, -0.05) is 57.9 Å². The van der Waals surface area contributed by atoms with Gasteiger partial charge >= 0.3 is 18.1 Å². The van der Waals surface area contributed by atoms with Gasteiger partial charge in [-0.05, 0) is 54.5 Å². The molecule has 2 aromatic carbocycles. The number of carboxylic acids is 2. The normalized spacial score (nSPS) is 13.6. The molecular formula is C33H45F5N2O8S. The second kappa shape index (κ2) is 20.8. The Balaban J connectivity index is 0.00000154. The van der Waals surface area contributed by atoms with Crippen molar-refractivity contribution in [2.24, 2.45) is 5.92 Å². The Morgan fingerprint density at radius 2 is 1.43 bits per heavy atom. The van der Waals surface area contributed by atoms with Gasteiger partial charge in [-0.15, -0.1) is 0 Å². The standard InChI is InChI=1S/C31H44F2N2O6S.C2HF3O2/c1-4-8-27(9-5-2)42(40,41)20-24(16-30(37)38)31(39)35-28(15-23-13-25(32)17-26(33)14-23)29(36)19-34-18-22-11-7-10-21(6-3)12-22;3-2(4,5)1(6)7/h7,10-14,17,24,27-29,34,36H,4-6,8-9,15-16,18-20H2,1-3H3,(H,35,39)(H,37,38);(H,6,7)/t24?,28-,29+;/m0./s1. The van der Waals surface area contributed by atoms with Crippen LogP contribution in [0, 0.1) is 17.6 Å². The number of sulfone groups is 1. The predicted octanol–water partition coefficient (Wildman–Crippen LogP) is 4.81. The molecule has 276 valence electrons. The Morgan fingerprint density at radius 1 is 0.878 bits per heavy atom. The zero-order chi connectivity index (χ0) is 37.4. The molecule has 0 aromatic heterocycles. The molecule has 1 unspecified atom stereocenters. The lowest BCUT2D eigenvalue weighted by atomic mass is 9.98. The van der Waals surface area contributed by atoms with Crippen LogP contribution in [-0.4, -0.2) is 77.5 Å². The Bertz CT molecular complexity index is 1450. The number of aliphatic hydroxyl groups is 1. The number of aliphatic hydroxyl groups excluding tert-OH is 1. The van der Waals surface area contributed by atoms with E-state index in [0.717, 1.165) is 29.7 Å². The van der Waals surface area contributed by atoms with E-state index in [9.17, 15) is 50.2 Å². The van der Waals surface area contributed by atoms with Crippen LogP contribution in [0.5, 0.6) is 0 Å². The molecule has 0 aliphatic rings.